The van der Waals surface area contributed by atoms with Crippen LogP contribution in [0, 0.1) is 20.8 Å². The molecular formula is C17H21ClN2. The number of hydrogen-bond donors (Lipinski definition) is 2. The molecule has 3 N–H and O–H groups in total. The minimum atomic E-state index is 0.0917. The zero-order chi connectivity index (χ0) is 14.7. The summed E-state index contributed by atoms with van der Waals surface area (Å²) in [7, 11) is 0. The van der Waals surface area contributed by atoms with Crippen LogP contribution in [0.2, 0.25) is 5.02 Å². The van der Waals surface area contributed by atoms with E-state index in [0.717, 1.165) is 11.4 Å². The summed E-state index contributed by atoms with van der Waals surface area (Å²) in [5.41, 5.74) is 9.22. The Hall–Kier alpha value is -1.35. The maximum atomic E-state index is 6.05. The first-order valence-electron chi connectivity index (χ1n) is 6.79. The molecule has 0 heterocycles. The third kappa shape index (κ3) is 3.40. The molecule has 0 aliphatic heterocycles. The molecular weight excluding hydrogens is 268 g/mol. The number of halogens is 1. The fourth-order valence-corrected chi connectivity index (χ4v) is 3.10. The van der Waals surface area contributed by atoms with Gasteiger partial charge in [-0.2, -0.15) is 0 Å². The summed E-state index contributed by atoms with van der Waals surface area (Å²) in [6.07, 6.45) is 0.821. The van der Waals surface area contributed by atoms with Crippen molar-refractivity contribution in [1.29, 1.82) is 0 Å². The van der Waals surface area contributed by atoms with Gasteiger partial charge in [0.05, 0.1) is 6.04 Å². The average molecular weight is 289 g/mol. The van der Waals surface area contributed by atoms with Crippen molar-refractivity contribution in [2.75, 3.05) is 0 Å². The van der Waals surface area contributed by atoms with Gasteiger partial charge >= 0.3 is 0 Å². The maximum Gasteiger partial charge on any atom is 0.0505 e. The van der Waals surface area contributed by atoms with Crippen LogP contribution in [0.15, 0.2) is 36.4 Å². The Morgan fingerprint density at radius 2 is 1.75 bits per heavy atom. The lowest BCUT2D eigenvalue weighted by atomic mass is 9.91. The van der Waals surface area contributed by atoms with E-state index in [4.69, 9.17) is 17.4 Å². The Morgan fingerprint density at radius 1 is 1.10 bits per heavy atom. The number of hydrogen-bond acceptors (Lipinski definition) is 2. The number of benzene rings is 2. The second-order valence-electron chi connectivity index (χ2n) is 5.37. The van der Waals surface area contributed by atoms with Gasteiger partial charge in [0.15, 0.2) is 0 Å². The van der Waals surface area contributed by atoms with E-state index in [-0.39, 0.29) is 6.04 Å². The average Bonchev–Trinajstić information content (AvgIpc) is 2.36. The molecule has 0 aliphatic carbocycles. The highest BCUT2D eigenvalue weighted by Gasteiger charge is 2.16. The molecule has 2 aromatic rings. The van der Waals surface area contributed by atoms with E-state index in [9.17, 15) is 0 Å². The zero-order valence-corrected chi connectivity index (χ0v) is 13.0. The number of hydrazine groups is 1. The number of aryl methyl sites for hydroxylation is 3. The van der Waals surface area contributed by atoms with Gasteiger partial charge in [-0.1, -0.05) is 41.4 Å². The Balaban J connectivity index is 2.34. The summed E-state index contributed by atoms with van der Waals surface area (Å²) < 4.78 is 0. The Labute approximate surface area is 125 Å². The van der Waals surface area contributed by atoms with E-state index < -0.39 is 0 Å². The fraction of sp³-hybridized carbons (Fsp3) is 0.294. The standard InChI is InChI=1S/C17H21ClN2/c1-11-7-12(2)17(13(3)8-11)16(20-19)10-14-5-4-6-15(18)9-14/h4-9,16,20H,10,19H2,1-3H3. The summed E-state index contributed by atoms with van der Waals surface area (Å²) in [6, 6.07) is 12.4. The normalized spacial score (nSPS) is 12.4. The van der Waals surface area contributed by atoms with Crippen LogP contribution >= 0.6 is 11.6 Å². The van der Waals surface area contributed by atoms with Gasteiger partial charge in [-0.15, -0.1) is 0 Å². The molecule has 0 aromatic heterocycles. The maximum absolute atomic E-state index is 6.05. The molecule has 2 rings (SSSR count). The molecule has 106 valence electrons. The van der Waals surface area contributed by atoms with Crippen LogP contribution in [0.4, 0.5) is 0 Å². The number of nitrogens with two attached hydrogens (primary N) is 1. The van der Waals surface area contributed by atoms with Crippen molar-refractivity contribution in [3.05, 3.63) is 69.2 Å². The van der Waals surface area contributed by atoms with E-state index in [1.165, 1.54) is 27.8 Å². The molecule has 1 atom stereocenters. The van der Waals surface area contributed by atoms with Crippen LogP contribution in [0.3, 0.4) is 0 Å². The van der Waals surface area contributed by atoms with Gasteiger partial charge in [0.2, 0.25) is 0 Å². The number of nitrogens with one attached hydrogen (secondary N) is 1. The van der Waals surface area contributed by atoms with Crippen molar-refractivity contribution in [1.82, 2.24) is 5.43 Å². The van der Waals surface area contributed by atoms with E-state index in [1.807, 2.05) is 18.2 Å². The van der Waals surface area contributed by atoms with E-state index in [1.54, 1.807) is 0 Å². The van der Waals surface area contributed by atoms with E-state index in [0.29, 0.717) is 0 Å². The largest absolute Gasteiger partial charge is 0.271 e. The van der Waals surface area contributed by atoms with Crippen LogP contribution < -0.4 is 11.3 Å². The molecule has 0 spiro atoms. The topological polar surface area (TPSA) is 38.0 Å². The van der Waals surface area contributed by atoms with Crippen molar-refractivity contribution < 1.29 is 0 Å². The lowest BCUT2D eigenvalue weighted by molar-refractivity contribution is 0.546. The van der Waals surface area contributed by atoms with Crippen molar-refractivity contribution in [2.24, 2.45) is 5.84 Å². The minimum absolute atomic E-state index is 0.0917. The summed E-state index contributed by atoms with van der Waals surface area (Å²) in [5.74, 6) is 5.78. The lowest BCUT2D eigenvalue weighted by Crippen LogP contribution is -2.30. The molecule has 0 fully saturated rings. The van der Waals surface area contributed by atoms with Crippen LogP contribution in [-0.4, -0.2) is 0 Å². The third-order valence-corrected chi connectivity index (χ3v) is 3.85. The monoisotopic (exact) mass is 288 g/mol. The highest BCUT2D eigenvalue weighted by Crippen LogP contribution is 2.26. The first-order chi connectivity index (χ1) is 9.51. The quantitative estimate of drug-likeness (QED) is 0.659. The van der Waals surface area contributed by atoms with Crippen molar-refractivity contribution in [3.63, 3.8) is 0 Å². The number of rotatable bonds is 4. The van der Waals surface area contributed by atoms with Gasteiger partial charge in [-0.05, 0) is 61.6 Å². The summed E-state index contributed by atoms with van der Waals surface area (Å²) >= 11 is 6.05. The van der Waals surface area contributed by atoms with Gasteiger partial charge < -0.3 is 0 Å². The molecule has 0 saturated carbocycles. The Bertz CT molecular complexity index is 585. The van der Waals surface area contributed by atoms with Crippen LogP contribution in [0.1, 0.15) is 33.9 Å². The second-order valence-corrected chi connectivity index (χ2v) is 5.80. The molecule has 0 bridgehead atoms. The van der Waals surface area contributed by atoms with E-state index in [2.05, 4.69) is 44.4 Å². The first kappa shape index (κ1) is 15.0. The van der Waals surface area contributed by atoms with Crippen LogP contribution in [0.5, 0.6) is 0 Å². The lowest BCUT2D eigenvalue weighted by Gasteiger charge is -2.22. The second kappa shape index (κ2) is 6.40. The van der Waals surface area contributed by atoms with Crippen LogP contribution in [0.25, 0.3) is 0 Å². The van der Waals surface area contributed by atoms with Gasteiger partial charge in [0.25, 0.3) is 0 Å². The molecule has 1 unspecified atom stereocenters. The van der Waals surface area contributed by atoms with E-state index >= 15 is 0 Å². The fourth-order valence-electron chi connectivity index (χ4n) is 2.88. The molecule has 2 nitrogen and oxygen atoms in total. The molecule has 0 radical (unpaired) electrons. The third-order valence-electron chi connectivity index (χ3n) is 3.62. The molecule has 0 saturated heterocycles. The van der Waals surface area contributed by atoms with Gasteiger partial charge in [-0.3, -0.25) is 11.3 Å². The molecule has 3 heteroatoms. The van der Waals surface area contributed by atoms with Crippen molar-refractivity contribution in [3.8, 4) is 0 Å². The van der Waals surface area contributed by atoms with Gasteiger partial charge in [0, 0.05) is 5.02 Å². The predicted octanol–water partition coefficient (Wildman–Crippen LogP) is 4.01. The van der Waals surface area contributed by atoms with Crippen LogP contribution in [-0.2, 0) is 6.42 Å². The highest BCUT2D eigenvalue weighted by molar-refractivity contribution is 6.30. The molecule has 0 aliphatic rings. The first-order valence-corrected chi connectivity index (χ1v) is 7.17. The Kier molecular flexibility index (Phi) is 4.81. The van der Waals surface area contributed by atoms with Crippen molar-refractivity contribution >= 4 is 11.6 Å². The van der Waals surface area contributed by atoms with Gasteiger partial charge in [-0.25, -0.2) is 0 Å². The predicted molar refractivity (Wildman–Crippen MR) is 85.9 cm³/mol. The molecule has 20 heavy (non-hydrogen) atoms. The molecule has 0 amide bonds. The highest BCUT2D eigenvalue weighted by atomic mass is 35.5. The summed E-state index contributed by atoms with van der Waals surface area (Å²) in [5, 5.41) is 0.760. The molecule has 2 aromatic carbocycles. The Morgan fingerprint density at radius 3 is 2.30 bits per heavy atom. The van der Waals surface area contributed by atoms with Gasteiger partial charge in [0.1, 0.15) is 0 Å². The SMILES string of the molecule is Cc1cc(C)c(C(Cc2cccc(Cl)c2)NN)c(C)c1. The summed E-state index contributed by atoms with van der Waals surface area (Å²) in [6.45, 7) is 6.39. The zero-order valence-electron chi connectivity index (χ0n) is 12.2. The summed E-state index contributed by atoms with van der Waals surface area (Å²) in [4.78, 5) is 0. The minimum Gasteiger partial charge on any atom is -0.271 e. The van der Waals surface area contributed by atoms with Crippen molar-refractivity contribution in [2.45, 2.75) is 33.2 Å². The smallest absolute Gasteiger partial charge is 0.0505 e.